The first-order chi connectivity index (χ1) is 9.25. The molecule has 1 heterocycles. The van der Waals surface area contributed by atoms with Crippen molar-refractivity contribution in [3.8, 4) is 5.75 Å². The topological polar surface area (TPSA) is 44.7 Å². The van der Waals surface area contributed by atoms with Gasteiger partial charge in [-0.05, 0) is 53.1 Å². The number of morpholine rings is 1. The zero-order valence-corrected chi connectivity index (χ0v) is 12.7. The van der Waals surface area contributed by atoms with Crippen LogP contribution in [0.1, 0.15) is 12.0 Å². The summed E-state index contributed by atoms with van der Waals surface area (Å²) in [6.07, 6.45) is 1.15. The molecule has 106 valence electrons. The highest BCUT2D eigenvalue weighted by Crippen LogP contribution is 2.24. The summed E-state index contributed by atoms with van der Waals surface area (Å²) in [7, 11) is 0. The van der Waals surface area contributed by atoms with Gasteiger partial charge in [0.05, 0.1) is 17.7 Å². The van der Waals surface area contributed by atoms with Gasteiger partial charge in [-0.2, -0.15) is 0 Å². The van der Waals surface area contributed by atoms with Crippen LogP contribution >= 0.6 is 15.9 Å². The largest absolute Gasteiger partial charge is 0.507 e. The number of phenolic OH excluding ortho intramolecular Hbond substituents is 1. The highest BCUT2D eigenvalue weighted by Gasteiger charge is 2.08. The summed E-state index contributed by atoms with van der Waals surface area (Å²) in [6, 6.07) is 5.61. The van der Waals surface area contributed by atoms with Crippen molar-refractivity contribution >= 4 is 15.9 Å². The van der Waals surface area contributed by atoms with Gasteiger partial charge in [0.15, 0.2) is 0 Å². The van der Waals surface area contributed by atoms with Crippen molar-refractivity contribution in [2.24, 2.45) is 0 Å². The third-order valence-corrected chi connectivity index (χ3v) is 3.91. The normalized spacial score (nSPS) is 16.7. The number of hydrogen-bond acceptors (Lipinski definition) is 4. The summed E-state index contributed by atoms with van der Waals surface area (Å²) >= 11 is 3.32. The number of nitrogens with one attached hydrogen (secondary N) is 1. The smallest absolute Gasteiger partial charge is 0.129 e. The first-order valence-corrected chi connectivity index (χ1v) is 7.53. The van der Waals surface area contributed by atoms with Gasteiger partial charge < -0.3 is 15.2 Å². The lowest BCUT2D eigenvalue weighted by molar-refractivity contribution is 0.0374. The molecule has 4 nitrogen and oxygen atoms in total. The maximum atomic E-state index is 9.41. The third kappa shape index (κ3) is 5.10. The molecule has 0 aliphatic carbocycles. The molecular formula is C14H21BrN2O2. The molecule has 5 heteroatoms. The van der Waals surface area contributed by atoms with E-state index in [1.165, 1.54) is 5.56 Å². The molecule has 1 aliphatic rings. The van der Waals surface area contributed by atoms with E-state index in [2.05, 4.69) is 26.1 Å². The van der Waals surface area contributed by atoms with E-state index in [1.54, 1.807) is 6.07 Å². The Morgan fingerprint density at radius 3 is 2.84 bits per heavy atom. The predicted molar refractivity (Wildman–Crippen MR) is 79.4 cm³/mol. The molecule has 1 aromatic carbocycles. The molecule has 0 saturated carbocycles. The van der Waals surface area contributed by atoms with Crippen LogP contribution in [0, 0.1) is 0 Å². The van der Waals surface area contributed by atoms with Crippen LogP contribution in [-0.4, -0.2) is 49.4 Å². The monoisotopic (exact) mass is 328 g/mol. The van der Waals surface area contributed by atoms with Crippen molar-refractivity contribution in [3.63, 3.8) is 0 Å². The summed E-state index contributed by atoms with van der Waals surface area (Å²) in [6.45, 7) is 6.84. The van der Waals surface area contributed by atoms with Gasteiger partial charge in [-0.25, -0.2) is 0 Å². The quantitative estimate of drug-likeness (QED) is 0.784. The zero-order chi connectivity index (χ0) is 13.5. The fourth-order valence-corrected chi connectivity index (χ4v) is 2.57. The minimum atomic E-state index is 0.288. The second kappa shape index (κ2) is 7.85. The van der Waals surface area contributed by atoms with Crippen LogP contribution < -0.4 is 5.32 Å². The Bertz CT molecular complexity index is 395. The lowest BCUT2D eigenvalue weighted by Crippen LogP contribution is -2.37. The maximum absolute atomic E-state index is 9.41. The second-order valence-electron chi connectivity index (χ2n) is 4.77. The average molecular weight is 329 g/mol. The molecule has 0 atom stereocenters. The molecule has 19 heavy (non-hydrogen) atoms. The van der Waals surface area contributed by atoms with Crippen molar-refractivity contribution in [2.45, 2.75) is 13.0 Å². The van der Waals surface area contributed by atoms with E-state index in [0.717, 1.165) is 56.8 Å². The van der Waals surface area contributed by atoms with Crippen LogP contribution in [0.5, 0.6) is 5.75 Å². The minimum Gasteiger partial charge on any atom is -0.507 e. The van der Waals surface area contributed by atoms with Crippen LogP contribution in [0.2, 0.25) is 0 Å². The molecule has 0 spiro atoms. The van der Waals surface area contributed by atoms with E-state index in [9.17, 15) is 5.11 Å². The summed E-state index contributed by atoms with van der Waals surface area (Å²) in [5, 5.41) is 12.8. The summed E-state index contributed by atoms with van der Waals surface area (Å²) < 4.78 is 6.07. The second-order valence-corrected chi connectivity index (χ2v) is 5.62. The highest BCUT2D eigenvalue weighted by molar-refractivity contribution is 9.10. The van der Waals surface area contributed by atoms with E-state index in [4.69, 9.17) is 4.74 Å². The number of hydrogen-bond donors (Lipinski definition) is 2. The molecule has 2 N–H and O–H groups in total. The Morgan fingerprint density at radius 1 is 1.32 bits per heavy atom. The molecule has 1 fully saturated rings. The lowest BCUT2D eigenvalue weighted by atomic mass is 10.2. The van der Waals surface area contributed by atoms with E-state index in [-0.39, 0.29) is 5.75 Å². The number of nitrogens with zero attached hydrogens (tertiary/aromatic N) is 1. The molecule has 0 unspecified atom stereocenters. The van der Waals surface area contributed by atoms with Gasteiger partial charge in [-0.15, -0.1) is 0 Å². The van der Waals surface area contributed by atoms with Crippen molar-refractivity contribution in [1.82, 2.24) is 10.2 Å². The molecule has 1 aliphatic heterocycles. The Hall–Kier alpha value is -0.620. The molecule has 2 rings (SSSR count). The molecule has 0 radical (unpaired) electrons. The maximum Gasteiger partial charge on any atom is 0.129 e. The SMILES string of the molecule is Oc1ccc(CNCCCN2CCOCC2)cc1Br. The summed E-state index contributed by atoms with van der Waals surface area (Å²) in [5.41, 5.74) is 1.18. The minimum absolute atomic E-state index is 0.288. The van der Waals surface area contributed by atoms with Gasteiger partial charge in [0, 0.05) is 19.6 Å². The van der Waals surface area contributed by atoms with Gasteiger partial charge >= 0.3 is 0 Å². The Morgan fingerprint density at radius 2 is 2.11 bits per heavy atom. The molecule has 0 bridgehead atoms. The van der Waals surface area contributed by atoms with Crippen LogP contribution in [0.25, 0.3) is 0 Å². The van der Waals surface area contributed by atoms with Crippen molar-refractivity contribution in [3.05, 3.63) is 28.2 Å². The summed E-state index contributed by atoms with van der Waals surface area (Å²) in [4.78, 5) is 2.45. The number of phenols is 1. The third-order valence-electron chi connectivity index (χ3n) is 3.27. The van der Waals surface area contributed by atoms with Gasteiger partial charge in [0.1, 0.15) is 5.75 Å². The predicted octanol–water partition coefficient (Wildman–Crippen LogP) is 1.97. The fourth-order valence-electron chi connectivity index (χ4n) is 2.15. The fraction of sp³-hybridized carbons (Fsp3) is 0.571. The van der Waals surface area contributed by atoms with Crippen molar-refractivity contribution in [1.29, 1.82) is 0 Å². The lowest BCUT2D eigenvalue weighted by Gasteiger charge is -2.26. The summed E-state index contributed by atoms with van der Waals surface area (Å²) in [5.74, 6) is 0.288. The molecule has 1 aromatic rings. The van der Waals surface area contributed by atoms with Crippen LogP contribution in [0.3, 0.4) is 0 Å². The molecule has 1 saturated heterocycles. The van der Waals surface area contributed by atoms with Gasteiger partial charge in [-0.3, -0.25) is 4.90 Å². The number of aromatic hydroxyl groups is 1. The molecule has 0 amide bonds. The Kier molecular flexibility index (Phi) is 6.10. The number of ether oxygens (including phenoxy) is 1. The van der Waals surface area contributed by atoms with E-state index in [1.807, 2.05) is 12.1 Å². The highest BCUT2D eigenvalue weighted by atomic mass is 79.9. The van der Waals surface area contributed by atoms with Crippen LogP contribution in [-0.2, 0) is 11.3 Å². The van der Waals surface area contributed by atoms with E-state index in [0.29, 0.717) is 0 Å². The first-order valence-electron chi connectivity index (χ1n) is 6.74. The number of halogens is 1. The van der Waals surface area contributed by atoms with Gasteiger partial charge in [-0.1, -0.05) is 6.07 Å². The molecule has 0 aromatic heterocycles. The first kappa shape index (κ1) is 14.8. The van der Waals surface area contributed by atoms with Gasteiger partial charge in [0.2, 0.25) is 0 Å². The van der Waals surface area contributed by atoms with E-state index >= 15 is 0 Å². The van der Waals surface area contributed by atoms with Crippen LogP contribution in [0.4, 0.5) is 0 Å². The van der Waals surface area contributed by atoms with Crippen molar-refractivity contribution in [2.75, 3.05) is 39.4 Å². The Labute approximate surface area is 122 Å². The number of benzene rings is 1. The molecular weight excluding hydrogens is 308 g/mol. The zero-order valence-electron chi connectivity index (χ0n) is 11.1. The average Bonchev–Trinajstić information content (AvgIpc) is 2.43. The van der Waals surface area contributed by atoms with Crippen molar-refractivity contribution < 1.29 is 9.84 Å². The standard InChI is InChI=1S/C14H21BrN2O2/c15-13-10-12(2-3-14(13)18)11-16-4-1-5-17-6-8-19-9-7-17/h2-3,10,16,18H,1,4-9,11H2. The van der Waals surface area contributed by atoms with Crippen LogP contribution in [0.15, 0.2) is 22.7 Å². The van der Waals surface area contributed by atoms with E-state index < -0.39 is 0 Å². The Balaban J connectivity index is 1.59. The van der Waals surface area contributed by atoms with Gasteiger partial charge in [0.25, 0.3) is 0 Å². The number of rotatable bonds is 6.